The van der Waals surface area contributed by atoms with Crippen molar-refractivity contribution in [1.82, 2.24) is 0 Å². The highest BCUT2D eigenvalue weighted by Crippen LogP contribution is 2.63. The van der Waals surface area contributed by atoms with Gasteiger partial charge in [0.05, 0.1) is 0 Å². The highest BCUT2D eigenvalue weighted by Gasteiger charge is 2.72. The summed E-state index contributed by atoms with van der Waals surface area (Å²) in [6.07, 6.45) is 5.95. The molecule has 0 unspecified atom stereocenters. The molecular formula is C30H46O9. The van der Waals surface area contributed by atoms with Gasteiger partial charge in [-0.1, -0.05) is 27.7 Å². The van der Waals surface area contributed by atoms with Crippen molar-refractivity contribution in [2.45, 2.75) is 141 Å². The topological polar surface area (TPSA) is 83.1 Å². The SMILES string of the molecule is C[C@H]1[C@@H](O[C@H]2O[C@H]3O[C@@]4(C)CC[C@H]5[C@H](C)CC[C@@H]([C@H]2C)[C@@]35OO4)O[C@H]2O[C@@]3(C)CC[C@H]4[C@H](C)CC[C@@H]1[C@@]24OO3. The highest BCUT2D eigenvalue weighted by atomic mass is 17.3. The van der Waals surface area contributed by atoms with Gasteiger partial charge in [-0.2, -0.15) is 0 Å². The first kappa shape index (κ1) is 26.3. The van der Waals surface area contributed by atoms with E-state index in [1.807, 2.05) is 13.8 Å². The molecule has 8 aliphatic heterocycles. The van der Waals surface area contributed by atoms with Crippen LogP contribution in [0.4, 0.5) is 0 Å². The summed E-state index contributed by atoms with van der Waals surface area (Å²) in [5.74, 6) is 0.661. The molecule has 2 saturated carbocycles. The first-order valence-electron chi connectivity index (χ1n) is 15.6. The summed E-state index contributed by atoms with van der Waals surface area (Å²) in [4.78, 5) is 24.6. The molecule has 0 N–H and O–H groups in total. The molecule has 10 aliphatic rings. The monoisotopic (exact) mass is 550 g/mol. The maximum absolute atomic E-state index is 6.85. The zero-order valence-electron chi connectivity index (χ0n) is 24.3. The van der Waals surface area contributed by atoms with Gasteiger partial charge < -0.3 is 23.7 Å². The average Bonchev–Trinajstić information content (AvgIpc) is 3.27. The molecule has 8 heterocycles. The van der Waals surface area contributed by atoms with Crippen LogP contribution in [0.5, 0.6) is 0 Å². The fourth-order valence-electron chi connectivity index (χ4n) is 10.2. The quantitative estimate of drug-likeness (QED) is 0.419. The lowest BCUT2D eigenvalue weighted by Gasteiger charge is -2.62. The van der Waals surface area contributed by atoms with Crippen molar-refractivity contribution in [3.05, 3.63) is 0 Å². The number of rotatable bonds is 2. The van der Waals surface area contributed by atoms with Crippen molar-refractivity contribution in [3.8, 4) is 0 Å². The maximum atomic E-state index is 6.85. The molecule has 0 aromatic heterocycles. The summed E-state index contributed by atoms with van der Waals surface area (Å²) >= 11 is 0. The Morgan fingerprint density at radius 3 is 1.41 bits per heavy atom. The van der Waals surface area contributed by atoms with Crippen LogP contribution in [0.25, 0.3) is 0 Å². The number of ether oxygens (including phenoxy) is 5. The van der Waals surface area contributed by atoms with Crippen LogP contribution in [0.1, 0.15) is 92.9 Å². The fourth-order valence-corrected chi connectivity index (χ4v) is 10.2. The van der Waals surface area contributed by atoms with E-state index in [-0.39, 0.29) is 23.7 Å². The summed E-state index contributed by atoms with van der Waals surface area (Å²) in [5, 5.41) is 0. The molecule has 9 heteroatoms. The molecular weight excluding hydrogens is 504 g/mol. The highest BCUT2D eigenvalue weighted by molar-refractivity contribution is 5.11. The first-order chi connectivity index (χ1) is 18.6. The summed E-state index contributed by atoms with van der Waals surface area (Å²) in [7, 11) is 0. The predicted octanol–water partition coefficient (Wildman–Crippen LogP) is 5.42. The summed E-state index contributed by atoms with van der Waals surface area (Å²) in [5.41, 5.74) is -1.21. The molecule has 2 spiro atoms. The van der Waals surface area contributed by atoms with Crippen LogP contribution in [-0.4, -0.2) is 47.9 Å². The molecule has 10 fully saturated rings. The molecule has 16 atom stereocenters. The third kappa shape index (κ3) is 3.45. The van der Waals surface area contributed by atoms with E-state index in [1.54, 1.807) is 0 Å². The van der Waals surface area contributed by atoms with Crippen molar-refractivity contribution < 1.29 is 43.2 Å². The van der Waals surface area contributed by atoms with Crippen molar-refractivity contribution in [3.63, 3.8) is 0 Å². The molecule has 10 rings (SSSR count). The van der Waals surface area contributed by atoms with Gasteiger partial charge in [0.2, 0.25) is 11.6 Å². The Labute approximate surface area is 231 Å². The van der Waals surface area contributed by atoms with Crippen LogP contribution < -0.4 is 0 Å². The van der Waals surface area contributed by atoms with E-state index >= 15 is 0 Å². The second kappa shape index (κ2) is 8.60. The Morgan fingerprint density at radius 1 is 0.538 bits per heavy atom. The van der Waals surface area contributed by atoms with Crippen molar-refractivity contribution in [2.75, 3.05) is 0 Å². The van der Waals surface area contributed by atoms with Gasteiger partial charge in [-0.15, -0.1) is 0 Å². The van der Waals surface area contributed by atoms with Crippen molar-refractivity contribution >= 4 is 0 Å². The van der Waals surface area contributed by atoms with Crippen LogP contribution in [-0.2, 0) is 43.2 Å². The minimum absolute atomic E-state index is 0.0836. The van der Waals surface area contributed by atoms with Crippen LogP contribution in [0.2, 0.25) is 0 Å². The zero-order valence-corrected chi connectivity index (χ0v) is 24.3. The van der Waals surface area contributed by atoms with Gasteiger partial charge in [-0.25, -0.2) is 19.6 Å². The Morgan fingerprint density at radius 2 is 0.974 bits per heavy atom. The van der Waals surface area contributed by atoms with E-state index in [9.17, 15) is 0 Å². The lowest BCUT2D eigenvalue weighted by molar-refractivity contribution is -0.590. The van der Waals surface area contributed by atoms with E-state index in [0.29, 0.717) is 23.7 Å². The summed E-state index contributed by atoms with van der Waals surface area (Å²) in [6.45, 7) is 13.0. The lowest BCUT2D eigenvalue weighted by Crippen LogP contribution is -2.72. The van der Waals surface area contributed by atoms with E-state index in [4.69, 9.17) is 43.2 Å². The molecule has 220 valence electrons. The fraction of sp³-hybridized carbons (Fsp3) is 1.00. The van der Waals surface area contributed by atoms with Gasteiger partial charge in [0.1, 0.15) is 0 Å². The Balaban J connectivity index is 1.09. The van der Waals surface area contributed by atoms with Gasteiger partial charge >= 0.3 is 0 Å². The van der Waals surface area contributed by atoms with Gasteiger partial charge in [0.25, 0.3) is 0 Å². The molecule has 9 nitrogen and oxygen atoms in total. The smallest absolute Gasteiger partial charge is 0.201 e. The number of hydrogen-bond acceptors (Lipinski definition) is 9. The first-order valence-corrected chi connectivity index (χ1v) is 15.6. The van der Waals surface area contributed by atoms with E-state index in [0.717, 1.165) is 51.4 Å². The summed E-state index contributed by atoms with van der Waals surface area (Å²) in [6, 6.07) is 0. The van der Waals surface area contributed by atoms with Gasteiger partial charge in [-0.3, -0.25) is 0 Å². The molecule has 4 bridgehead atoms. The summed E-state index contributed by atoms with van der Waals surface area (Å²) < 4.78 is 33.4. The van der Waals surface area contributed by atoms with Gasteiger partial charge in [0, 0.05) is 36.5 Å². The maximum Gasteiger partial charge on any atom is 0.201 e. The van der Waals surface area contributed by atoms with E-state index < -0.39 is 47.9 Å². The minimum atomic E-state index is -0.808. The molecule has 0 aromatic rings. The van der Waals surface area contributed by atoms with Crippen molar-refractivity contribution in [2.24, 2.45) is 47.3 Å². The van der Waals surface area contributed by atoms with Crippen LogP contribution >= 0.6 is 0 Å². The Hall–Kier alpha value is -0.360. The second-order valence-corrected chi connectivity index (χ2v) is 14.7. The van der Waals surface area contributed by atoms with Crippen molar-refractivity contribution in [1.29, 1.82) is 0 Å². The molecule has 0 aromatic carbocycles. The number of fused-ring (bicyclic) bond motifs is 4. The van der Waals surface area contributed by atoms with E-state index in [1.165, 1.54) is 0 Å². The normalized spacial score (nSPS) is 63.5. The average molecular weight is 551 g/mol. The minimum Gasteiger partial charge on any atom is -0.323 e. The lowest BCUT2D eigenvalue weighted by atomic mass is 9.58. The van der Waals surface area contributed by atoms with Gasteiger partial charge in [0.15, 0.2) is 36.4 Å². The number of hydrogen-bond donors (Lipinski definition) is 0. The molecule has 0 amide bonds. The second-order valence-electron chi connectivity index (χ2n) is 14.7. The van der Waals surface area contributed by atoms with Crippen LogP contribution in [0, 0.1) is 47.3 Å². The molecule has 2 aliphatic carbocycles. The predicted molar refractivity (Wildman–Crippen MR) is 135 cm³/mol. The molecule has 8 saturated heterocycles. The van der Waals surface area contributed by atoms with Crippen LogP contribution in [0.15, 0.2) is 0 Å². The van der Waals surface area contributed by atoms with Gasteiger partial charge in [-0.05, 0) is 76.0 Å². The Kier molecular flexibility index (Phi) is 5.80. The standard InChI is InChI=1S/C30H46O9/c1-15-7-9-21-17(3)23(32-25-29(21)19(15)11-13-27(5,34-25)36-38-29)31-24-18(4)22-10-8-16(2)20-12-14-28(6)35-26(33-24)30(20,22)39-37-28/h15-26H,7-14H2,1-6H3/t15-,16-,17-,18-,19+,20+,21+,22+,23+,24+,25+,26+,27-,28-,29-,30-/m1/s1. The van der Waals surface area contributed by atoms with E-state index in [2.05, 4.69) is 27.7 Å². The van der Waals surface area contributed by atoms with Crippen LogP contribution in [0.3, 0.4) is 0 Å². The third-order valence-electron chi connectivity index (χ3n) is 12.5. The third-order valence-corrected chi connectivity index (χ3v) is 12.5. The molecule has 39 heavy (non-hydrogen) atoms. The zero-order chi connectivity index (χ0) is 26.9. The Bertz CT molecular complexity index is 919. The molecule has 0 radical (unpaired) electrons. The largest absolute Gasteiger partial charge is 0.323 e.